The van der Waals surface area contributed by atoms with Crippen molar-refractivity contribution in [1.82, 2.24) is 5.32 Å². The molecular formula is C40H75N2O6P. The number of nitrogens with one attached hydrogen (secondary N) is 1. The van der Waals surface area contributed by atoms with Gasteiger partial charge in [0.1, 0.15) is 13.2 Å². The number of unbranched alkanes of at least 4 members (excludes halogenated alkanes) is 15. The molecule has 0 aromatic heterocycles. The summed E-state index contributed by atoms with van der Waals surface area (Å²) in [5, 5.41) is 13.7. The minimum atomic E-state index is -4.58. The molecule has 2 N–H and O–H groups in total. The van der Waals surface area contributed by atoms with E-state index in [4.69, 9.17) is 9.05 Å². The quantitative estimate of drug-likeness (QED) is 0.0298. The van der Waals surface area contributed by atoms with Gasteiger partial charge in [-0.15, -0.1) is 0 Å². The minimum Gasteiger partial charge on any atom is -0.756 e. The van der Waals surface area contributed by atoms with Crippen LogP contribution in [0.5, 0.6) is 0 Å². The topological polar surface area (TPSA) is 108 Å². The maximum Gasteiger partial charge on any atom is 0.268 e. The van der Waals surface area contributed by atoms with Gasteiger partial charge in [0.25, 0.3) is 7.82 Å². The molecule has 0 saturated carbocycles. The highest BCUT2D eigenvalue weighted by Gasteiger charge is 2.23. The number of allylic oxidation sites excluding steroid dienone is 7. The van der Waals surface area contributed by atoms with Gasteiger partial charge >= 0.3 is 0 Å². The predicted octanol–water partition coefficient (Wildman–Crippen LogP) is 9.50. The van der Waals surface area contributed by atoms with Crippen LogP contribution in [0, 0.1) is 0 Å². The van der Waals surface area contributed by atoms with Crippen molar-refractivity contribution in [3.8, 4) is 0 Å². The van der Waals surface area contributed by atoms with Crippen molar-refractivity contribution < 1.29 is 32.9 Å². The number of aliphatic hydroxyl groups excluding tert-OH is 1. The fraction of sp³-hybridized carbons (Fsp3) is 0.775. The monoisotopic (exact) mass is 711 g/mol. The van der Waals surface area contributed by atoms with E-state index in [1.165, 1.54) is 51.4 Å². The van der Waals surface area contributed by atoms with E-state index < -0.39 is 20.0 Å². The number of phosphoric ester groups is 1. The average Bonchev–Trinajstić information content (AvgIpc) is 3.04. The van der Waals surface area contributed by atoms with Crippen LogP contribution in [0.25, 0.3) is 0 Å². The van der Waals surface area contributed by atoms with Crippen LogP contribution in [-0.4, -0.2) is 68.5 Å². The van der Waals surface area contributed by atoms with E-state index in [1.807, 2.05) is 27.2 Å². The van der Waals surface area contributed by atoms with Crippen LogP contribution in [0.1, 0.15) is 149 Å². The molecule has 0 spiro atoms. The first-order chi connectivity index (χ1) is 23.5. The number of hydrogen-bond acceptors (Lipinski definition) is 6. The number of quaternary nitrogens is 1. The van der Waals surface area contributed by atoms with Gasteiger partial charge in [0.05, 0.1) is 39.9 Å². The lowest BCUT2D eigenvalue weighted by molar-refractivity contribution is -0.870. The first-order valence-corrected chi connectivity index (χ1v) is 21.0. The number of hydrogen-bond donors (Lipinski definition) is 2. The number of carbonyl (C=O) groups excluding carboxylic acids is 1. The summed E-state index contributed by atoms with van der Waals surface area (Å²) in [4.78, 5) is 25.2. The highest BCUT2D eigenvalue weighted by atomic mass is 31.2. The fourth-order valence-electron chi connectivity index (χ4n) is 5.16. The Labute approximate surface area is 301 Å². The van der Waals surface area contributed by atoms with Gasteiger partial charge in [0.15, 0.2) is 0 Å². The number of phosphoric acid groups is 1. The molecule has 286 valence electrons. The zero-order valence-corrected chi connectivity index (χ0v) is 33.0. The second kappa shape index (κ2) is 32.4. The van der Waals surface area contributed by atoms with E-state index in [0.29, 0.717) is 17.4 Å². The third kappa shape index (κ3) is 34.7. The van der Waals surface area contributed by atoms with E-state index in [0.717, 1.165) is 77.0 Å². The molecule has 0 aliphatic carbocycles. The maximum atomic E-state index is 12.8. The van der Waals surface area contributed by atoms with Crippen LogP contribution in [0.15, 0.2) is 48.6 Å². The molecule has 0 aromatic carbocycles. The third-order valence-corrected chi connectivity index (χ3v) is 9.26. The second-order valence-corrected chi connectivity index (χ2v) is 15.7. The first kappa shape index (κ1) is 47.5. The Morgan fingerprint density at radius 3 is 1.82 bits per heavy atom. The van der Waals surface area contributed by atoms with Crippen LogP contribution >= 0.6 is 7.82 Å². The lowest BCUT2D eigenvalue weighted by Gasteiger charge is -2.29. The molecule has 8 nitrogen and oxygen atoms in total. The van der Waals surface area contributed by atoms with Crippen LogP contribution < -0.4 is 10.2 Å². The Bertz CT molecular complexity index is 944. The first-order valence-electron chi connectivity index (χ1n) is 19.5. The molecule has 0 aromatic rings. The van der Waals surface area contributed by atoms with Gasteiger partial charge in [-0.3, -0.25) is 9.36 Å². The zero-order valence-electron chi connectivity index (χ0n) is 32.1. The van der Waals surface area contributed by atoms with E-state index >= 15 is 0 Å². The number of likely N-dealkylation sites (N-methyl/N-ethyl adjacent to an activating group) is 1. The van der Waals surface area contributed by atoms with Crippen LogP contribution in [-0.2, 0) is 18.4 Å². The summed E-state index contributed by atoms with van der Waals surface area (Å²) in [5.74, 6) is -0.219. The fourth-order valence-corrected chi connectivity index (χ4v) is 5.89. The van der Waals surface area contributed by atoms with Crippen molar-refractivity contribution >= 4 is 13.7 Å². The lowest BCUT2D eigenvalue weighted by Crippen LogP contribution is -2.45. The van der Waals surface area contributed by atoms with Crippen molar-refractivity contribution in [2.24, 2.45) is 0 Å². The molecule has 0 rings (SSSR count). The molecule has 0 aliphatic heterocycles. The molecule has 9 heteroatoms. The Kier molecular flexibility index (Phi) is 31.4. The molecule has 1 amide bonds. The Morgan fingerprint density at radius 1 is 0.735 bits per heavy atom. The summed E-state index contributed by atoms with van der Waals surface area (Å²) in [6.07, 6.45) is 38.6. The van der Waals surface area contributed by atoms with Crippen LogP contribution in [0.3, 0.4) is 0 Å². The minimum absolute atomic E-state index is 0.00650. The molecule has 0 bridgehead atoms. The van der Waals surface area contributed by atoms with E-state index in [9.17, 15) is 19.4 Å². The van der Waals surface area contributed by atoms with Crippen molar-refractivity contribution in [3.05, 3.63) is 48.6 Å². The van der Waals surface area contributed by atoms with E-state index in [1.54, 1.807) is 6.08 Å². The molecule has 3 atom stereocenters. The molecule has 0 aliphatic rings. The Hall–Kier alpha value is -1.54. The smallest absolute Gasteiger partial charge is 0.268 e. The molecule has 0 fully saturated rings. The molecule has 0 radical (unpaired) electrons. The highest BCUT2D eigenvalue weighted by Crippen LogP contribution is 2.38. The van der Waals surface area contributed by atoms with E-state index in [2.05, 4.69) is 55.6 Å². The van der Waals surface area contributed by atoms with Gasteiger partial charge in [0.2, 0.25) is 5.91 Å². The maximum absolute atomic E-state index is 12.8. The SMILES string of the molecule is CC/C=C\C/C=C\C/C=C\CCCCCCCC(=O)N[C@@H](COP(=O)([O-])OCC[N+](C)(C)C)[C@H](O)/C=C/CCCCCCCCCCCC. The number of amides is 1. The van der Waals surface area contributed by atoms with Gasteiger partial charge in [-0.2, -0.15) is 0 Å². The van der Waals surface area contributed by atoms with E-state index in [-0.39, 0.29) is 19.1 Å². The van der Waals surface area contributed by atoms with Crippen molar-refractivity contribution in [2.75, 3.05) is 40.9 Å². The summed E-state index contributed by atoms with van der Waals surface area (Å²) >= 11 is 0. The number of aliphatic hydroxyl groups is 1. The molecule has 1 unspecified atom stereocenters. The zero-order chi connectivity index (χ0) is 36.5. The van der Waals surface area contributed by atoms with Crippen molar-refractivity contribution in [3.63, 3.8) is 0 Å². The van der Waals surface area contributed by atoms with Crippen molar-refractivity contribution in [2.45, 2.75) is 161 Å². The van der Waals surface area contributed by atoms with Gasteiger partial charge < -0.3 is 28.8 Å². The van der Waals surface area contributed by atoms with Crippen LogP contribution in [0.2, 0.25) is 0 Å². The van der Waals surface area contributed by atoms with Gasteiger partial charge in [-0.25, -0.2) is 0 Å². The average molecular weight is 711 g/mol. The normalized spacial score (nSPS) is 15.2. The van der Waals surface area contributed by atoms with Crippen molar-refractivity contribution in [1.29, 1.82) is 0 Å². The summed E-state index contributed by atoms with van der Waals surface area (Å²) in [6, 6.07) is -0.893. The summed E-state index contributed by atoms with van der Waals surface area (Å²) in [5.41, 5.74) is 0. The number of nitrogens with zero attached hydrogens (tertiary/aromatic N) is 1. The number of rotatable bonds is 34. The molecular weight excluding hydrogens is 635 g/mol. The molecule has 0 heterocycles. The highest BCUT2D eigenvalue weighted by molar-refractivity contribution is 7.45. The lowest BCUT2D eigenvalue weighted by atomic mass is 10.1. The molecule has 49 heavy (non-hydrogen) atoms. The summed E-state index contributed by atoms with van der Waals surface area (Å²) < 4.78 is 23.1. The predicted molar refractivity (Wildman–Crippen MR) is 205 cm³/mol. The Balaban J connectivity index is 4.56. The van der Waals surface area contributed by atoms with Gasteiger partial charge in [-0.05, 0) is 51.4 Å². The molecule has 0 saturated heterocycles. The van der Waals surface area contributed by atoms with Gasteiger partial charge in [0, 0.05) is 6.42 Å². The summed E-state index contributed by atoms with van der Waals surface area (Å²) in [6.45, 7) is 4.48. The third-order valence-electron chi connectivity index (χ3n) is 8.29. The second-order valence-electron chi connectivity index (χ2n) is 14.3. The van der Waals surface area contributed by atoms with Crippen LogP contribution in [0.4, 0.5) is 0 Å². The summed E-state index contributed by atoms with van der Waals surface area (Å²) in [7, 11) is 1.24. The van der Waals surface area contributed by atoms with Gasteiger partial charge in [-0.1, -0.05) is 140 Å². The standard InChI is InChI=1S/C40H75N2O6P/c1-6-8-10-12-14-16-18-20-21-22-24-26-28-30-32-34-40(44)41-38(37-48-49(45,46)47-36-35-42(3,4)5)39(43)33-31-29-27-25-23-19-17-15-13-11-9-7-2/h8,10,14,16,20-21,31,33,38-39,43H,6-7,9,11-13,15,17-19,22-30,32,34-37H2,1-5H3,(H-,41,44,45,46)/b10-8-,16-14-,21-20-,33-31+/t38-,39+/m0/s1. The number of carbonyl (C=O) groups is 1. The Morgan fingerprint density at radius 2 is 1.24 bits per heavy atom. The largest absolute Gasteiger partial charge is 0.756 e.